The Bertz CT molecular complexity index is 584. The van der Waals surface area contributed by atoms with Crippen LogP contribution in [0.15, 0.2) is 24.3 Å². The molecule has 0 saturated heterocycles. The highest BCUT2D eigenvalue weighted by Crippen LogP contribution is 2.35. The second-order valence-electron chi connectivity index (χ2n) is 4.95. The first-order chi connectivity index (χ1) is 8.44. The predicted octanol–water partition coefficient (Wildman–Crippen LogP) is 3.56. The smallest absolute Gasteiger partial charge is 0.309 e. The third-order valence-corrected chi connectivity index (χ3v) is 4.09. The largest absolute Gasteiger partial charge is 0.496 e. The number of carboxylic acids is 1. The molecule has 1 aromatic carbocycles. The zero-order chi connectivity index (χ0) is 13.3. The van der Waals surface area contributed by atoms with Crippen LogP contribution in [0.2, 0.25) is 0 Å². The van der Waals surface area contributed by atoms with E-state index in [0.29, 0.717) is 6.42 Å². The number of ether oxygens (including phenoxy) is 1. The van der Waals surface area contributed by atoms with Gasteiger partial charge in [0.15, 0.2) is 0 Å². The number of carboxylic acid groups (broad SMARTS) is 1. The summed E-state index contributed by atoms with van der Waals surface area (Å²) < 4.78 is 6.44. The monoisotopic (exact) mass is 264 g/mol. The minimum atomic E-state index is -0.771. The first-order valence-corrected chi connectivity index (χ1v) is 6.54. The normalized spacial score (nSPS) is 11.7. The van der Waals surface area contributed by atoms with E-state index in [-0.39, 0.29) is 0 Å². The lowest BCUT2D eigenvalue weighted by Crippen LogP contribution is -2.25. The molecule has 0 bridgehead atoms. The number of hydrogen-bond acceptors (Lipinski definition) is 3. The van der Waals surface area contributed by atoms with Gasteiger partial charge in [-0.1, -0.05) is 6.07 Å². The quantitative estimate of drug-likeness (QED) is 0.918. The number of benzene rings is 1. The highest BCUT2D eigenvalue weighted by molar-refractivity contribution is 7.19. The molecule has 0 saturated carbocycles. The van der Waals surface area contributed by atoms with Crippen LogP contribution in [0.1, 0.15) is 18.7 Å². The van der Waals surface area contributed by atoms with E-state index in [0.717, 1.165) is 20.7 Å². The number of rotatable bonds is 4. The van der Waals surface area contributed by atoms with Crippen LogP contribution in [0.4, 0.5) is 0 Å². The summed E-state index contributed by atoms with van der Waals surface area (Å²) in [7, 11) is 1.65. The van der Waals surface area contributed by atoms with Crippen molar-refractivity contribution >= 4 is 27.4 Å². The zero-order valence-corrected chi connectivity index (χ0v) is 11.5. The van der Waals surface area contributed by atoms with Crippen LogP contribution in [-0.4, -0.2) is 18.2 Å². The highest BCUT2D eigenvalue weighted by Gasteiger charge is 2.28. The average molecular weight is 264 g/mol. The fourth-order valence-corrected chi connectivity index (χ4v) is 3.17. The van der Waals surface area contributed by atoms with Crippen LogP contribution in [-0.2, 0) is 11.2 Å². The number of carbonyl (C=O) groups is 1. The summed E-state index contributed by atoms with van der Waals surface area (Å²) in [4.78, 5) is 12.2. The molecule has 0 aliphatic heterocycles. The van der Waals surface area contributed by atoms with E-state index in [1.165, 1.54) is 0 Å². The average Bonchev–Trinajstić information content (AvgIpc) is 2.69. The number of methoxy groups -OCH3 is 1. The number of aliphatic carboxylic acids is 1. The van der Waals surface area contributed by atoms with Crippen molar-refractivity contribution in [3.63, 3.8) is 0 Å². The van der Waals surface area contributed by atoms with E-state index in [1.807, 2.05) is 24.3 Å². The standard InChI is InChI=1S/C14H16O3S/c1-14(2,13(15)16)8-9-7-10-11(17-3)5-4-6-12(10)18-9/h4-7H,8H2,1-3H3,(H,15,16). The summed E-state index contributed by atoms with van der Waals surface area (Å²) in [6, 6.07) is 7.92. The van der Waals surface area contributed by atoms with Crippen molar-refractivity contribution in [1.82, 2.24) is 0 Å². The molecule has 0 aliphatic rings. The summed E-state index contributed by atoms with van der Waals surface area (Å²) in [5, 5.41) is 10.2. The molecule has 0 amide bonds. The lowest BCUT2D eigenvalue weighted by molar-refractivity contribution is -0.146. The molecule has 18 heavy (non-hydrogen) atoms. The first-order valence-electron chi connectivity index (χ1n) is 5.73. The lowest BCUT2D eigenvalue weighted by atomic mass is 9.89. The van der Waals surface area contributed by atoms with Crippen molar-refractivity contribution in [2.75, 3.05) is 7.11 Å². The molecule has 2 aromatic rings. The second kappa shape index (κ2) is 4.61. The lowest BCUT2D eigenvalue weighted by Gasteiger charge is -2.17. The van der Waals surface area contributed by atoms with Crippen LogP contribution in [0.3, 0.4) is 0 Å². The highest BCUT2D eigenvalue weighted by atomic mass is 32.1. The molecule has 1 heterocycles. The molecule has 0 fully saturated rings. The number of fused-ring (bicyclic) bond motifs is 1. The van der Waals surface area contributed by atoms with Crippen molar-refractivity contribution in [1.29, 1.82) is 0 Å². The van der Waals surface area contributed by atoms with Gasteiger partial charge >= 0.3 is 5.97 Å². The molecule has 0 atom stereocenters. The SMILES string of the molecule is COc1cccc2sc(CC(C)(C)C(=O)O)cc12. The molecular formula is C14H16O3S. The van der Waals surface area contributed by atoms with Crippen LogP contribution in [0, 0.1) is 5.41 Å². The van der Waals surface area contributed by atoms with E-state index < -0.39 is 11.4 Å². The maximum atomic E-state index is 11.1. The van der Waals surface area contributed by atoms with Gasteiger partial charge in [-0.25, -0.2) is 0 Å². The van der Waals surface area contributed by atoms with Gasteiger partial charge in [-0.05, 0) is 38.5 Å². The minimum absolute atomic E-state index is 0.533. The molecule has 1 N–H and O–H groups in total. The Hall–Kier alpha value is -1.55. The van der Waals surface area contributed by atoms with Gasteiger partial charge in [-0.2, -0.15) is 0 Å². The van der Waals surface area contributed by atoms with Gasteiger partial charge in [0.05, 0.1) is 12.5 Å². The fraction of sp³-hybridized carbons (Fsp3) is 0.357. The molecule has 0 radical (unpaired) electrons. The summed E-state index contributed by atoms with van der Waals surface area (Å²) in [6.45, 7) is 3.49. The fourth-order valence-electron chi connectivity index (χ4n) is 1.86. The Labute approximate surface area is 110 Å². The summed E-state index contributed by atoms with van der Waals surface area (Å²) >= 11 is 1.63. The third kappa shape index (κ3) is 2.34. The van der Waals surface area contributed by atoms with E-state index in [9.17, 15) is 4.79 Å². The molecule has 0 spiro atoms. The number of thiophene rings is 1. The van der Waals surface area contributed by atoms with Crippen LogP contribution in [0.25, 0.3) is 10.1 Å². The Morgan fingerprint density at radius 3 is 2.78 bits per heavy atom. The van der Waals surface area contributed by atoms with Gasteiger partial charge in [-0.15, -0.1) is 11.3 Å². The van der Waals surface area contributed by atoms with Crippen molar-refractivity contribution in [2.24, 2.45) is 5.41 Å². The van der Waals surface area contributed by atoms with E-state index in [1.54, 1.807) is 32.3 Å². The van der Waals surface area contributed by atoms with E-state index in [4.69, 9.17) is 9.84 Å². The van der Waals surface area contributed by atoms with Gasteiger partial charge in [0.1, 0.15) is 5.75 Å². The van der Waals surface area contributed by atoms with Crippen molar-refractivity contribution in [3.8, 4) is 5.75 Å². The summed E-state index contributed by atoms with van der Waals surface area (Å²) in [5.74, 6) is 0.0649. The minimum Gasteiger partial charge on any atom is -0.496 e. The Morgan fingerprint density at radius 2 is 2.17 bits per heavy atom. The molecule has 3 nitrogen and oxygen atoms in total. The first kappa shape index (κ1) is 12.9. The van der Waals surface area contributed by atoms with Crippen molar-refractivity contribution < 1.29 is 14.6 Å². The van der Waals surface area contributed by atoms with Gasteiger partial charge < -0.3 is 9.84 Å². The van der Waals surface area contributed by atoms with Gasteiger partial charge in [0, 0.05) is 15.0 Å². The molecule has 2 rings (SSSR count). The number of hydrogen-bond donors (Lipinski definition) is 1. The molecule has 4 heteroatoms. The van der Waals surface area contributed by atoms with Crippen LogP contribution >= 0.6 is 11.3 Å². The Kier molecular flexibility index (Phi) is 3.30. The Morgan fingerprint density at radius 1 is 1.44 bits per heavy atom. The maximum Gasteiger partial charge on any atom is 0.309 e. The van der Waals surface area contributed by atoms with Crippen molar-refractivity contribution in [2.45, 2.75) is 20.3 Å². The second-order valence-corrected chi connectivity index (χ2v) is 6.12. The molecule has 96 valence electrons. The van der Waals surface area contributed by atoms with Crippen LogP contribution in [0.5, 0.6) is 5.75 Å². The van der Waals surface area contributed by atoms with E-state index >= 15 is 0 Å². The van der Waals surface area contributed by atoms with E-state index in [2.05, 4.69) is 0 Å². The van der Waals surface area contributed by atoms with Crippen LogP contribution < -0.4 is 4.74 Å². The molecular weight excluding hydrogens is 248 g/mol. The van der Waals surface area contributed by atoms with Gasteiger partial charge in [-0.3, -0.25) is 4.79 Å². The predicted molar refractivity (Wildman–Crippen MR) is 73.5 cm³/mol. The zero-order valence-electron chi connectivity index (χ0n) is 10.7. The molecule has 0 aliphatic carbocycles. The molecule has 1 aromatic heterocycles. The van der Waals surface area contributed by atoms with Gasteiger partial charge in [0.2, 0.25) is 0 Å². The Balaban J connectivity index is 2.39. The molecule has 0 unspecified atom stereocenters. The van der Waals surface area contributed by atoms with Crippen molar-refractivity contribution in [3.05, 3.63) is 29.1 Å². The summed E-state index contributed by atoms with van der Waals surface area (Å²) in [5.41, 5.74) is -0.742. The topological polar surface area (TPSA) is 46.5 Å². The summed E-state index contributed by atoms with van der Waals surface area (Å²) in [6.07, 6.45) is 0.533. The van der Waals surface area contributed by atoms with Gasteiger partial charge in [0.25, 0.3) is 0 Å². The maximum absolute atomic E-state index is 11.1. The third-order valence-electron chi connectivity index (χ3n) is 2.99.